The minimum atomic E-state index is -0.450. The minimum Gasteiger partial charge on any atom is -0.328 e. The van der Waals surface area contributed by atoms with Gasteiger partial charge in [0, 0.05) is 14.1 Å². The quantitative estimate of drug-likeness (QED) is 0.609. The van der Waals surface area contributed by atoms with Crippen molar-refractivity contribution in [1.29, 1.82) is 0 Å². The standard InChI is InChI=1S/C8H11N5O2/c1-11-4-10-6-5(11)7(14)13(3-9)8(15)12(6)2/h4H,3,9H2,1-2H3. The number of hydrogen-bond acceptors (Lipinski definition) is 4. The monoisotopic (exact) mass is 209 g/mol. The molecule has 0 unspecified atom stereocenters. The van der Waals surface area contributed by atoms with E-state index in [1.807, 2.05) is 0 Å². The number of imidazole rings is 1. The maximum atomic E-state index is 11.8. The predicted octanol–water partition coefficient (Wildman–Crippen LogP) is -1.65. The second-order valence-corrected chi connectivity index (χ2v) is 3.29. The summed E-state index contributed by atoms with van der Waals surface area (Å²) in [5, 5.41) is 0. The van der Waals surface area contributed by atoms with Gasteiger partial charge in [-0.15, -0.1) is 0 Å². The third kappa shape index (κ3) is 1.13. The Morgan fingerprint density at radius 1 is 1.40 bits per heavy atom. The molecule has 2 aromatic heterocycles. The molecule has 0 atom stereocenters. The Labute approximate surface area is 84.4 Å². The van der Waals surface area contributed by atoms with Gasteiger partial charge in [0.2, 0.25) is 0 Å². The lowest BCUT2D eigenvalue weighted by Crippen LogP contribution is -2.41. The van der Waals surface area contributed by atoms with E-state index in [0.29, 0.717) is 11.2 Å². The van der Waals surface area contributed by atoms with Crippen LogP contribution in [-0.2, 0) is 20.8 Å². The van der Waals surface area contributed by atoms with Gasteiger partial charge >= 0.3 is 5.69 Å². The largest absolute Gasteiger partial charge is 0.333 e. The molecule has 7 heteroatoms. The highest BCUT2D eigenvalue weighted by atomic mass is 16.2. The fraction of sp³-hybridized carbons (Fsp3) is 0.375. The summed E-state index contributed by atoms with van der Waals surface area (Å²) in [6.07, 6.45) is 1.49. The summed E-state index contributed by atoms with van der Waals surface area (Å²) in [4.78, 5) is 27.5. The summed E-state index contributed by atoms with van der Waals surface area (Å²) in [6.45, 7) is -0.132. The van der Waals surface area contributed by atoms with Gasteiger partial charge < -0.3 is 10.3 Å². The molecule has 0 spiro atoms. The second kappa shape index (κ2) is 3.06. The van der Waals surface area contributed by atoms with Crippen molar-refractivity contribution < 1.29 is 0 Å². The Kier molecular flexibility index (Phi) is 1.97. The van der Waals surface area contributed by atoms with Crippen molar-refractivity contribution in [2.75, 3.05) is 0 Å². The summed E-state index contributed by atoms with van der Waals surface area (Å²) in [6, 6.07) is 0. The van der Waals surface area contributed by atoms with Gasteiger partial charge in [0.15, 0.2) is 11.2 Å². The van der Waals surface area contributed by atoms with E-state index in [1.54, 1.807) is 18.7 Å². The molecular weight excluding hydrogens is 198 g/mol. The van der Waals surface area contributed by atoms with Crippen molar-refractivity contribution in [3.63, 3.8) is 0 Å². The van der Waals surface area contributed by atoms with Gasteiger partial charge in [-0.3, -0.25) is 9.36 Å². The molecule has 80 valence electrons. The number of hydrogen-bond donors (Lipinski definition) is 1. The van der Waals surface area contributed by atoms with Gasteiger partial charge in [0.25, 0.3) is 5.56 Å². The van der Waals surface area contributed by atoms with E-state index in [2.05, 4.69) is 4.98 Å². The molecule has 0 aromatic carbocycles. The highest BCUT2D eigenvalue weighted by Gasteiger charge is 2.13. The Balaban J connectivity index is 3.13. The molecule has 15 heavy (non-hydrogen) atoms. The fourth-order valence-corrected chi connectivity index (χ4v) is 1.56. The molecule has 2 rings (SSSR count). The molecule has 2 N–H and O–H groups in total. The SMILES string of the molecule is Cn1cnc2c1c(=O)n(CN)c(=O)n2C. The Hall–Kier alpha value is -1.89. The van der Waals surface area contributed by atoms with E-state index in [-0.39, 0.29) is 6.67 Å². The molecule has 2 heterocycles. The van der Waals surface area contributed by atoms with Crippen LogP contribution in [0.1, 0.15) is 0 Å². The van der Waals surface area contributed by atoms with Crippen LogP contribution in [0.2, 0.25) is 0 Å². The average Bonchev–Trinajstić information content (AvgIpc) is 2.58. The van der Waals surface area contributed by atoms with E-state index in [9.17, 15) is 9.59 Å². The van der Waals surface area contributed by atoms with E-state index in [1.165, 1.54) is 10.9 Å². The summed E-state index contributed by atoms with van der Waals surface area (Å²) >= 11 is 0. The molecule has 0 aliphatic heterocycles. The topological polar surface area (TPSA) is 87.8 Å². The number of rotatable bonds is 1. The average molecular weight is 209 g/mol. The first-order chi connectivity index (χ1) is 7.07. The molecule has 7 nitrogen and oxygen atoms in total. The van der Waals surface area contributed by atoms with Crippen molar-refractivity contribution in [1.82, 2.24) is 18.7 Å². The first-order valence-corrected chi connectivity index (χ1v) is 4.39. The number of aryl methyl sites for hydroxylation is 2. The summed E-state index contributed by atoms with van der Waals surface area (Å²) in [5.41, 5.74) is 5.24. The molecule has 0 radical (unpaired) electrons. The summed E-state index contributed by atoms with van der Waals surface area (Å²) in [5.74, 6) is 0. The number of aromatic nitrogens is 4. The molecule has 0 saturated heterocycles. The lowest BCUT2D eigenvalue weighted by molar-refractivity contribution is 0.619. The Morgan fingerprint density at radius 2 is 2.07 bits per heavy atom. The second-order valence-electron chi connectivity index (χ2n) is 3.29. The zero-order valence-electron chi connectivity index (χ0n) is 8.47. The van der Waals surface area contributed by atoms with Gasteiger partial charge in [-0.1, -0.05) is 0 Å². The van der Waals surface area contributed by atoms with Crippen LogP contribution in [-0.4, -0.2) is 18.7 Å². The van der Waals surface area contributed by atoms with Crippen molar-refractivity contribution in [3.8, 4) is 0 Å². The van der Waals surface area contributed by atoms with Crippen molar-refractivity contribution >= 4 is 11.2 Å². The van der Waals surface area contributed by atoms with Crippen molar-refractivity contribution in [2.45, 2.75) is 6.67 Å². The first-order valence-electron chi connectivity index (χ1n) is 4.39. The fourth-order valence-electron chi connectivity index (χ4n) is 1.56. The lowest BCUT2D eigenvalue weighted by atomic mass is 10.5. The zero-order chi connectivity index (χ0) is 11.2. The minimum absolute atomic E-state index is 0.132. The van der Waals surface area contributed by atoms with Gasteiger partial charge in [0.1, 0.15) is 0 Å². The smallest absolute Gasteiger partial charge is 0.328 e. The van der Waals surface area contributed by atoms with Gasteiger partial charge in [-0.25, -0.2) is 14.3 Å². The highest BCUT2D eigenvalue weighted by molar-refractivity contribution is 5.69. The van der Waals surface area contributed by atoms with E-state index < -0.39 is 11.2 Å². The van der Waals surface area contributed by atoms with Gasteiger partial charge in [0.05, 0.1) is 13.0 Å². The normalized spacial score (nSPS) is 11.1. The van der Waals surface area contributed by atoms with Gasteiger partial charge in [-0.05, 0) is 0 Å². The van der Waals surface area contributed by atoms with Crippen LogP contribution in [0.15, 0.2) is 15.9 Å². The third-order valence-electron chi connectivity index (χ3n) is 2.38. The van der Waals surface area contributed by atoms with Crippen LogP contribution in [0.25, 0.3) is 11.2 Å². The first kappa shape index (κ1) is 9.66. The zero-order valence-corrected chi connectivity index (χ0v) is 8.47. The van der Waals surface area contributed by atoms with Crippen LogP contribution in [0.3, 0.4) is 0 Å². The Morgan fingerprint density at radius 3 is 2.67 bits per heavy atom. The maximum Gasteiger partial charge on any atom is 0.333 e. The summed E-state index contributed by atoms with van der Waals surface area (Å²) < 4.78 is 3.86. The van der Waals surface area contributed by atoms with Gasteiger partial charge in [-0.2, -0.15) is 0 Å². The van der Waals surface area contributed by atoms with Crippen LogP contribution >= 0.6 is 0 Å². The molecule has 0 bridgehead atoms. The van der Waals surface area contributed by atoms with E-state index in [0.717, 1.165) is 4.57 Å². The van der Waals surface area contributed by atoms with Crippen molar-refractivity contribution in [3.05, 3.63) is 27.2 Å². The van der Waals surface area contributed by atoms with E-state index in [4.69, 9.17) is 5.73 Å². The molecule has 0 fully saturated rings. The number of nitrogens with two attached hydrogens (primary N) is 1. The van der Waals surface area contributed by atoms with Crippen LogP contribution in [0.5, 0.6) is 0 Å². The number of nitrogens with zero attached hydrogens (tertiary/aromatic N) is 4. The number of fused-ring (bicyclic) bond motifs is 1. The van der Waals surface area contributed by atoms with Crippen molar-refractivity contribution in [2.24, 2.45) is 19.8 Å². The van der Waals surface area contributed by atoms with E-state index >= 15 is 0 Å². The van der Waals surface area contributed by atoms with Crippen LogP contribution in [0.4, 0.5) is 0 Å². The maximum absolute atomic E-state index is 11.8. The molecule has 0 aliphatic rings. The molecular formula is C8H11N5O2. The van der Waals surface area contributed by atoms with Crippen LogP contribution < -0.4 is 17.0 Å². The van der Waals surface area contributed by atoms with Crippen LogP contribution in [0, 0.1) is 0 Å². The molecule has 2 aromatic rings. The Bertz CT molecular complexity index is 633. The molecule has 0 saturated carbocycles. The third-order valence-corrected chi connectivity index (χ3v) is 2.38. The predicted molar refractivity (Wildman–Crippen MR) is 54.4 cm³/mol. The molecule has 0 aliphatic carbocycles. The molecule has 0 amide bonds. The highest BCUT2D eigenvalue weighted by Crippen LogP contribution is 2.02. The summed E-state index contributed by atoms with van der Waals surface area (Å²) in [7, 11) is 3.26. The lowest BCUT2D eigenvalue weighted by Gasteiger charge is -2.05.